The van der Waals surface area contributed by atoms with E-state index in [4.69, 9.17) is 14.2 Å². The molecule has 192 valence electrons. The molecule has 7 nitrogen and oxygen atoms in total. The fourth-order valence-corrected chi connectivity index (χ4v) is 4.28. The lowest BCUT2D eigenvalue weighted by Crippen LogP contribution is -2.31. The van der Waals surface area contributed by atoms with Crippen LogP contribution in [0.3, 0.4) is 0 Å². The summed E-state index contributed by atoms with van der Waals surface area (Å²) >= 11 is 0. The Balaban J connectivity index is 1.99. The summed E-state index contributed by atoms with van der Waals surface area (Å²) in [6, 6.07) is 0. The molecular formula is C27H42O7. The van der Waals surface area contributed by atoms with Crippen LogP contribution in [0.5, 0.6) is 0 Å². The van der Waals surface area contributed by atoms with Gasteiger partial charge in [0.05, 0.1) is 25.4 Å². The lowest BCUT2D eigenvalue weighted by molar-refractivity contribution is -0.154. The van der Waals surface area contributed by atoms with Crippen LogP contribution >= 0.6 is 0 Å². The Bertz CT molecular complexity index is 726. The maximum absolute atomic E-state index is 12.4. The molecule has 2 aliphatic rings. The van der Waals surface area contributed by atoms with Crippen LogP contribution in [0.15, 0.2) is 36.0 Å². The average molecular weight is 479 g/mol. The number of carbonyl (C=O) groups excluding carboxylic acids is 2. The molecule has 0 aromatic heterocycles. The molecule has 0 saturated carbocycles. The third kappa shape index (κ3) is 11.4. The number of esters is 2. The van der Waals surface area contributed by atoms with E-state index in [-0.39, 0.29) is 24.9 Å². The van der Waals surface area contributed by atoms with Gasteiger partial charge < -0.3 is 24.4 Å². The lowest BCUT2D eigenvalue weighted by atomic mass is 9.94. The predicted octanol–water partition coefficient (Wildman–Crippen LogP) is 4.17. The molecular weight excluding hydrogens is 436 g/mol. The quantitative estimate of drug-likeness (QED) is 0.464. The molecule has 0 aromatic carbocycles. The number of carbonyl (C=O) groups is 2. The molecule has 0 aromatic rings. The molecule has 0 bridgehead atoms. The first-order valence-electron chi connectivity index (χ1n) is 12.6. The smallest absolute Gasteiger partial charge is 0.306 e. The normalized spacial score (nSPS) is 30.6. The molecule has 34 heavy (non-hydrogen) atoms. The summed E-state index contributed by atoms with van der Waals surface area (Å²) in [4.78, 5) is 24.3. The van der Waals surface area contributed by atoms with E-state index in [1.807, 2.05) is 19.1 Å². The van der Waals surface area contributed by atoms with Gasteiger partial charge in [0.1, 0.15) is 12.2 Å². The van der Waals surface area contributed by atoms with Gasteiger partial charge in [0.2, 0.25) is 0 Å². The van der Waals surface area contributed by atoms with Crippen molar-refractivity contribution < 1.29 is 34.0 Å². The highest BCUT2D eigenvalue weighted by Gasteiger charge is 2.23. The summed E-state index contributed by atoms with van der Waals surface area (Å²) in [6.07, 6.45) is 8.01. The van der Waals surface area contributed by atoms with Crippen molar-refractivity contribution in [2.24, 2.45) is 5.92 Å². The van der Waals surface area contributed by atoms with Crippen LogP contribution in [0.2, 0.25) is 0 Å². The van der Waals surface area contributed by atoms with Crippen LogP contribution in [0, 0.1) is 5.92 Å². The molecule has 0 amide bonds. The Morgan fingerprint density at radius 2 is 1.85 bits per heavy atom. The van der Waals surface area contributed by atoms with Crippen molar-refractivity contribution in [3.05, 3.63) is 36.0 Å². The third-order valence-corrected chi connectivity index (χ3v) is 6.27. The zero-order valence-electron chi connectivity index (χ0n) is 20.7. The molecule has 0 spiro atoms. The van der Waals surface area contributed by atoms with Crippen LogP contribution in [-0.4, -0.2) is 59.8 Å². The summed E-state index contributed by atoms with van der Waals surface area (Å²) in [5.41, 5.74) is 2.21. The van der Waals surface area contributed by atoms with E-state index in [1.54, 1.807) is 6.08 Å². The minimum Gasteiger partial charge on any atom is -0.466 e. The number of hydrogen-bond acceptors (Lipinski definition) is 7. The number of rotatable bonds is 3. The minimum atomic E-state index is -0.984. The number of hydrogen-bond donors (Lipinski definition) is 2. The first kappa shape index (κ1) is 28.3. The van der Waals surface area contributed by atoms with Crippen molar-refractivity contribution in [3.63, 3.8) is 0 Å². The van der Waals surface area contributed by atoms with Gasteiger partial charge in [0, 0.05) is 12.8 Å². The molecule has 0 aliphatic carbocycles. The number of aliphatic hydroxyl groups excluding tert-OH is 2. The second kappa shape index (κ2) is 15.1. The van der Waals surface area contributed by atoms with E-state index in [0.29, 0.717) is 51.2 Å². The summed E-state index contributed by atoms with van der Waals surface area (Å²) < 4.78 is 16.5. The van der Waals surface area contributed by atoms with Gasteiger partial charge in [0.25, 0.3) is 0 Å². The molecule has 0 radical (unpaired) electrons. The Morgan fingerprint density at radius 1 is 1.09 bits per heavy atom. The summed E-state index contributed by atoms with van der Waals surface area (Å²) in [5, 5.41) is 21.2. The molecule has 0 unspecified atom stereocenters. The van der Waals surface area contributed by atoms with Gasteiger partial charge in [-0.15, -0.1) is 0 Å². The average Bonchev–Trinajstić information content (AvgIpc) is 2.76. The molecule has 1 fully saturated rings. The highest BCUT2D eigenvalue weighted by atomic mass is 16.6. The van der Waals surface area contributed by atoms with Gasteiger partial charge in [0.15, 0.2) is 0 Å². The van der Waals surface area contributed by atoms with Crippen molar-refractivity contribution in [2.75, 3.05) is 13.2 Å². The number of ether oxygens (including phenoxy) is 3. The molecule has 5 atom stereocenters. The zero-order valence-corrected chi connectivity index (χ0v) is 20.7. The van der Waals surface area contributed by atoms with Gasteiger partial charge in [-0.05, 0) is 64.2 Å². The standard InChI is InChI=1S/C27H42O7/c1-19-13-15-33-26(30)8-5-9-27(31)34-25(7-4-6-22(28)17-21(3)16-19)24(29)11-10-23-18-20(2)12-14-32-23/h10-12,19,22-25,28-29H,3-9,13-18H2,1-2H3/b11-10+/t19-,22-,23-,24+,25+/m1/s1. The van der Waals surface area contributed by atoms with E-state index in [2.05, 4.69) is 13.5 Å². The van der Waals surface area contributed by atoms with E-state index >= 15 is 0 Å². The van der Waals surface area contributed by atoms with E-state index < -0.39 is 24.3 Å². The lowest BCUT2D eigenvalue weighted by Gasteiger charge is -2.23. The Kier molecular flexibility index (Phi) is 12.6. The number of aliphatic hydroxyl groups is 2. The van der Waals surface area contributed by atoms with Gasteiger partial charge in [-0.2, -0.15) is 0 Å². The fraction of sp³-hybridized carbons (Fsp3) is 0.704. The Labute approximate surface area is 203 Å². The van der Waals surface area contributed by atoms with Crippen molar-refractivity contribution in [2.45, 2.75) is 102 Å². The van der Waals surface area contributed by atoms with Crippen LogP contribution in [-0.2, 0) is 23.8 Å². The van der Waals surface area contributed by atoms with E-state index in [0.717, 1.165) is 24.8 Å². The topological polar surface area (TPSA) is 102 Å². The number of cyclic esters (lactones) is 2. The fourth-order valence-electron chi connectivity index (χ4n) is 4.28. The maximum atomic E-state index is 12.4. The summed E-state index contributed by atoms with van der Waals surface area (Å²) in [7, 11) is 0. The van der Waals surface area contributed by atoms with Gasteiger partial charge in [-0.3, -0.25) is 9.59 Å². The predicted molar refractivity (Wildman–Crippen MR) is 130 cm³/mol. The van der Waals surface area contributed by atoms with Crippen molar-refractivity contribution in [1.82, 2.24) is 0 Å². The highest BCUT2D eigenvalue weighted by molar-refractivity contribution is 5.72. The van der Waals surface area contributed by atoms with E-state index in [9.17, 15) is 19.8 Å². The van der Waals surface area contributed by atoms with Crippen molar-refractivity contribution in [3.8, 4) is 0 Å². The SMILES string of the molecule is C=C1C[C@H](C)CCOC(=O)CCCC(=O)O[C@H]([C@@H](O)/C=C/[C@@H]2CC(C)=CCO2)CCC[C@@H](O)C1. The van der Waals surface area contributed by atoms with Crippen LogP contribution < -0.4 is 0 Å². The van der Waals surface area contributed by atoms with Gasteiger partial charge >= 0.3 is 11.9 Å². The summed E-state index contributed by atoms with van der Waals surface area (Å²) in [5.74, 6) is -0.478. The van der Waals surface area contributed by atoms with E-state index in [1.165, 1.54) is 5.57 Å². The molecule has 2 rings (SSSR count). The summed E-state index contributed by atoms with van der Waals surface area (Å²) in [6.45, 7) is 9.09. The van der Waals surface area contributed by atoms with Crippen LogP contribution in [0.25, 0.3) is 0 Å². The minimum absolute atomic E-state index is 0.0800. The van der Waals surface area contributed by atoms with Crippen molar-refractivity contribution in [1.29, 1.82) is 0 Å². The molecule has 2 N–H and O–H groups in total. The largest absolute Gasteiger partial charge is 0.466 e. The van der Waals surface area contributed by atoms with Gasteiger partial charge in [-0.25, -0.2) is 0 Å². The first-order chi connectivity index (χ1) is 16.2. The Hall–Kier alpha value is -1.96. The molecule has 1 saturated heterocycles. The Morgan fingerprint density at radius 3 is 2.62 bits per heavy atom. The zero-order chi connectivity index (χ0) is 24.9. The van der Waals surface area contributed by atoms with Crippen LogP contribution in [0.4, 0.5) is 0 Å². The van der Waals surface area contributed by atoms with Gasteiger partial charge in [-0.1, -0.05) is 42.9 Å². The molecule has 2 heterocycles. The first-order valence-corrected chi connectivity index (χ1v) is 12.6. The van der Waals surface area contributed by atoms with Crippen LogP contribution in [0.1, 0.15) is 78.1 Å². The highest BCUT2D eigenvalue weighted by Crippen LogP contribution is 2.22. The monoisotopic (exact) mass is 478 g/mol. The molecule has 2 aliphatic heterocycles. The second-order valence-corrected chi connectivity index (χ2v) is 9.74. The molecule has 7 heteroatoms. The maximum Gasteiger partial charge on any atom is 0.306 e. The third-order valence-electron chi connectivity index (χ3n) is 6.27. The second-order valence-electron chi connectivity index (χ2n) is 9.74. The van der Waals surface area contributed by atoms with Crippen molar-refractivity contribution >= 4 is 11.9 Å².